The summed E-state index contributed by atoms with van der Waals surface area (Å²) in [5.74, 6) is -2.10. The van der Waals surface area contributed by atoms with Crippen molar-refractivity contribution in [2.24, 2.45) is 0 Å². The van der Waals surface area contributed by atoms with Gasteiger partial charge >= 0.3 is 11.9 Å². The van der Waals surface area contributed by atoms with Crippen LogP contribution in [0.1, 0.15) is 31.1 Å². The van der Waals surface area contributed by atoms with Crippen LogP contribution in [0.5, 0.6) is 0 Å². The molecule has 0 aliphatic carbocycles. The summed E-state index contributed by atoms with van der Waals surface area (Å²) in [4.78, 5) is 36.9. The van der Waals surface area contributed by atoms with Gasteiger partial charge in [-0.05, 0) is 48.5 Å². The molecule has 0 saturated carbocycles. The van der Waals surface area contributed by atoms with Crippen LogP contribution in [-0.2, 0) is 19.5 Å². The molecule has 176 valence electrons. The third-order valence-corrected chi connectivity index (χ3v) is 6.32. The van der Waals surface area contributed by atoms with Gasteiger partial charge in [0.1, 0.15) is 0 Å². The zero-order valence-corrected chi connectivity index (χ0v) is 19.6. The molecule has 0 saturated heterocycles. The maximum absolute atomic E-state index is 12.9. The first-order valence-corrected chi connectivity index (χ1v) is 11.5. The SMILES string of the molecule is COC(=O)c1ccc(C(=O)OC)c(NC(=O)c2ccc(NS(=O)(=O)c3ccccc3)cc2Cl)c1. The van der Waals surface area contributed by atoms with Crippen molar-refractivity contribution in [1.29, 1.82) is 0 Å². The van der Waals surface area contributed by atoms with Crippen LogP contribution < -0.4 is 10.0 Å². The lowest BCUT2D eigenvalue weighted by Crippen LogP contribution is -2.17. The zero-order valence-electron chi connectivity index (χ0n) is 18.0. The van der Waals surface area contributed by atoms with E-state index in [1.54, 1.807) is 18.2 Å². The highest BCUT2D eigenvalue weighted by Gasteiger charge is 2.20. The van der Waals surface area contributed by atoms with E-state index in [2.05, 4.69) is 14.8 Å². The van der Waals surface area contributed by atoms with Crippen molar-refractivity contribution in [3.8, 4) is 0 Å². The average Bonchev–Trinajstić information content (AvgIpc) is 2.83. The van der Waals surface area contributed by atoms with Gasteiger partial charge in [-0.15, -0.1) is 0 Å². The molecule has 1 amide bonds. The summed E-state index contributed by atoms with van der Waals surface area (Å²) in [6.07, 6.45) is 0. The molecule has 34 heavy (non-hydrogen) atoms. The van der Waals surface area contributed by atoms with Crippen molar-refractivity contribution in [2.75, 3.05) is 24.3 Å². The average molecular weight is 503 g/mol. The second-order valence-corrected chi connectivity index (χ2v) is 8.90. The van der Waals surface area contributed by atoms with Crippen LogP contribution in [0.2, 0.25) is 5.02 Å². The first kappa shape index (κ1) is 24.7. The summed E-state index contributed by atoms with van der Waals surface area (Å²) < 4.78 is 36.8. The molecule has 0 spiro atoms. The van der Waals surface area contributed by atoms with Gasteiger partial charge in [0.25, 0.3) is 15.9 Å². The summed E-state index contributed by atoms with van der Waals surface area (Å²) in [6.45, 7) is 0. The molecule has 2 N–H and O–H groups in total. The van der Waals surface area contributed by atoms with E-state index in [1.807, 2.05) is 0 Å². The topological polar surface area (TPSA) is 128 Å². The summed E-state index contributed by atoms with van der Waals surface area (Å²) in [6, 6.07) is 15.7. The number of methoxy groups -OCH3 is 2. The minimum atomic E-state index is -3.85. The lowest BCUT2D eigenvalue weighted by atomic mass is 10.1. The molecule has 0 aliphatic rings. The van der Waals surface area contributed by atoms with Crippen molar-refractivity contribution < 1.29 is 32.3 Å². The number of hydrogen-bond acceptors (Lipinski definition) is 7. The molecule has 3 aromatic rings. The van der Waals surface area contributed by atoms with Crippen LogP contribution in [0.25, 0.3) is 0 Å². The Morgan fingerprint density at radius 1 is 0.824 bits per heavy atom. The minimum Gasteiger partial charge on any atom is -0.465 e. The van der Waals surface area contributed by atoms with Crippen molar-refractivity contribution in [3.05, 3.63) is 88.4 Å². The van der Waals surface area contributed by atoms with E-state index in [-0.39, 0.29) is 38.0 Å². The normalized spacial score (nSPS) is 10.8. The number of carbonyl (C=O) groups is 3. The Bertz CT molecular complexity index is 1360. The number of halogens is 1. The smallest absolute Gasteiger partial charge is 0.339 e. The van der Waals surface area contributed by atoms with Gasteiger partial charge < -0.3 is 14.8 Å². The Morgan fingerprint density at radius 2 is 1.47 bits per heavy atom. The standard InChI is InChI=1S/C23H19ClN2O7S/c1-32-22(28)14-8-10-18(23(29)33-2)20(12-14)25-21(27)17-11-9-15(13-19(17)24)26-34(30,31)16-6-4-3-5-7-16/h3-13,26H,1-2H3,(H,25,27). The molecule has 0 aromatic heterocycles. The largest absolute Gasteiger partial charge is 0.465 e. The van der Waals surface area contributed by atoms with Crippen molar-refractivity contribution in [3.63, 3.8) is 0 Å². The third kappa shape index (κ3) is 5.53. The first-order valence-electron chi connectivity index (χ1n) is 9.65. The summed E-state index contributed by atoms with van der Waals surface area (Å²) >= 11 is 6.24. The number of benzene rings is 3. The molecule has 0 fully saturated rings. The summed E-state index contributed by atoms with van der Waals surface area (Å²) in [7, 11) is -1.48. The van der Waals surface area contributed by atoms with Crippen LogP contribution in [0.3, 0.4) is 0 Å². The number of carbonyl (C=O) groups excluding carboxylic acids is 3. The number of ether oxygens (including phenoxy) is 2. The van der Waals surface area contributed by atoms with Gasteiger partial charge in [-0.2, -0.15) is 0 Å². The summed E-state index contributed by atoms with van der Waals surface area (Å²) in [5.41, 5.74) is 0.260. The van der Waals surface area contributed by atoms with Gasteiger partial charge in [-0.25, -0.2) is 18.0 Å². The molecule has 3 aromatic carbocycles. The molecule has 0 bridgehead atoms. The van der Waals surface area contributed by atoms with E-state index < -0.39 is 27.9 Å². The van der Waals surface area contributed by atoms with Gasteiger partial charge in [0.2, 0.25) is 0 Å². The Kier molecular flexibility index (Phi) is 7.54. The predicted molar refractivity (Wildman–Crippen MR) is 126 cm³/mol. The van der Waals surface area contributed by atoms with Gasteiger partial charge in [0.05, 0.1) is 52.2 Å². The maximum atomic E-state index is 12.9. The second kappa shape index (κ2) is 10.4. The summed E-state index contributed by atoms with van der Waals surface area (Å²) in [5, 5.41) is 2.48. The van der Waals surface area contributed by atoms with Crippen molar-refractivity contribution in [1.82, 2.24) is 0 Å². The number of nitrogens with one attached hydrogen (secondary N) is 2. The van der Waals surface area contributed by atoms with Gasteiger partial charge in [0.15, 0.2) is 0 Å². The van der Waals surface area contributed by atoms with Crippen LogP contribution in [0.4, 0.5) is 11.4 Å². The van der Waals surface area contributed by atoms with Gasteiger partial charge in [-0.1, -0.05) is 29.8 Å². The van der Waals surface area contributed by atoms with Crippen LogP contribution in [0.15, 0.2) is 71.6 Å². The van der Waals surface area contributed by atoms with Crippen LogP contribution in [-0.4, -0.2) is 40.5 Å². The first-order chi connectivity index (χ1) is 16.2. The van der Waals surface area contributed by atoms with Crippen molar-refractivity contribution in [2.45, 2.75) is 4.90 Å². The Balaban J connectivity index is 1.87. The van der Waals surface area contributed by atoms with E-state index in [4.69, 9.17) is 16.3 Å². The van der Waals surface area contributed by atoms with E-state index in [0.29, 0.717) is 0 Å². The minimum absolute atomic E-state index is 0.00335. The highest BCUT2D eigenvalue weighted by molar-refractivity contribution is 7.92. The van der Waals surface area contributed by atoms with Crippen molar-refractivity contribution >= 4 is 50.8 Å². The molecule has 0 atom stereocenters. The molecular formula is C23H19ClN2O7S. The monoisotopic (exact) mass is 502 g/mol. The fourth-order valence-electron chi connectivity index (χ4n) is 2.95. The number of rotatable bonds is 7. The van der Waals surface area contributed by atoms with Crippen LogP contribution >= 0.6 is 11.6 Å². The van der Waals surface area contributed by atoms with Gasteiger partial charge in [0, 0.05) is 0 Å². The molecule has 0 unspecified atom stereocenters. The Labute approximate surface area is 200 Å². The number of hydrogen-bond donors (Lipinski definition) is 2. The highest BCUT2D eigenvalue weighted by Crippen LogP contribution is 2.26. The molecule has 0 heterocycles. The third-order valence-electron chi connectivity index (χ3n) is 4.61. The number of amides is 1. The second-order valence-electron chi connectivity index (χ2n) is 6.81. The highest BCUT2D eigenvalue weighted by atomic mass is 35.5. The van der Waals surface area contributed by atoms with E-state index in [0.717, 1.165) is 0 Å². The molecule has 9 nitrogen and oxygen atoms in total. The molecular weight excluding hydrogens is 484 g/mol. The maximum Gasteiger partial charge on any atom is 0.339 e. The van der Waals surface area contributed by atoms with E-state index >= 15 is 0 Å². The zero-order chi connectivity index (χ0) is 24.9. The van der Waals surface area contributed by atoms with Gasteiger partial charge in [-0.3, -0.25) is 9.52 Å². The van der Waals surface area contributed by atoms with E-state index in [9.17, 15) is 22.8 Å². The molecule has 0 radical (unpaired) electrons. The quantitative estimate of drug-likeness (QED) is 0.468. The molecule has 3 rings (SSSR count). The van der Waals surface area contributed by atoms with Crippen LogP contribution in [0, 0.1) is 0 Å². The molecule has 0 aliphatic heterocycles. The lowest BCUT2D eigenvalue weighted by molar-refractivity contribution is 0.0587. The Hall–Kier alpha value is -3.89. The fraction of sp³-hybridized carbons (Fsp3) is 0.0870. The predicted octanol–water partition coefficient (Wildman–Crippen LogP) is 3.97. The Morgan fingerprint density at radius 3 is 2.09 bits per heavy atom. The lowest BCUT2D eigenvalue weighted by Gasteiger charge is -2.13. The molecule has 11 heteroatoms. The number of esters is 2. The fourth-order valence-corrected chi connectivity index (χ4v) is 4.28. The van der Waals surface area contributed by atoms with E-state index in [1.165, 1.54) is 62.8 Å². The number of sulfonamides is 1. The number of anilines is 2.